The quantitative estimate of drug-likeness (QED) is 0.638. The van der Waals surface area contributed by atoms with Gasteiger partial charge < -0.3 is 9.84 Å². The monoisotopic (exact) mass is 144 g/mol. The molecule has 10 heavy (non-hydrogen) atoms. The second kappa shape index (κ2) is 3.35. The van der Waals surface area contributed by atoms with Gasteiger partial charge in [-0.25, -0.2) is 0 Å². The molecule has 0 spiro atoms. The SMILES string of the molecule is CC(C)COC1CC1CO. The van der Waals surface area contributed by atoms with Gasteiger partial charge >= 0.3 is 0 Å². The first-order valence-electron chi connectivity index (χ1n) is 3.96. The Labute approximate surface area is 62.2 Å². The van der Waals surface area contributed by atoms with Crippen molar-refractivity contribution in [1.29, 1.82) is 0 Å². The lowest BCUT2D eigenvalue weighted by molar-refractivity contribution is 0.0787. The van der Waals surface area contributed by atoms with Gasteiger partial charge in [0.2, 0.25) is 0 Å². The predicted molar refractivity (Wildman–Crippen MR) is 39.8 cm³/mol. The van der Waals surface area contributed by atoms with Gasteiger partial charge in [0.15, 0.2) is 0 Å². The molecule has 1 aliphatic carbocycles. The number of aliphatic hydroxyl groups excluding tert-OH is 1. The summed E-state index contributed by atoms with van der Waals surface area (Å²) in [4.78, 5) is 0. The molecule has 0 aliphatic heterocycles. The van der Waals surface area contributed by atoms with Crippen LogP contribution >= 0.6 is 0 Å². The molecule has 1 rings (SSSR count). The molecule has 1 N–H and O–H groups in total. The highest BCUT2D eigenvalue weighted by molar-refractivity contribution is 4.86. The van der Waals surface area contributed by atoms with Gasteiger partial charge in [-0.3, -0.25) is 0 Å². The minimum absolute atomic E-state index is 0.294. The number of rotatable bonds is 4. The molecule has 1 fully saturated rings. The van der Waals surface area contributed by atoms with Crippen molar-refractivity contribution in [3.8, 4) is 0 Å². The average Bonchev–Trinajstić information content (AvgIpc) is 2.61. The summed E-state index contributed by atoms with van der Waals surface area (Å²) in [6.45, 7) is 5.40. The lowest BCUT2D eigenvalue weighted by atomic mass is 10.2. The Morgan fingerprint density at radius 3 is 2.70 bits per heavy atom. The highest BCUT2D eigenvalue weighted by atomic mass is 16.5. The van der Waals surface area contributed by atoms with Gasteiger partial charge in [0.05, 0.1) is 6.10 Å². The Bertz CT molecular complexity index is 101. The van der Waals surface area contributed by atoms with Crippen molar-refractivity contribution < 1.29 is 9.84 Å². The van der Waals surface area contributed by atoms with E-state index in [-0.39, 0.29) is 0 Å². The van der Waals surface area contributed by atoms with Crippen LogP contribution in [-0.4, -0.2) is 24.4 Å². The van der Waals surface area contributed by atoms with E-state index in [9.17, 15) is 0 Å². The average molecular weight is 144 g/mol. The maximum atomic E-state index is 8.66. The van der Waals surface area contributed by atoms with E-state index in [2.05, 4.69) is 13.8 Å². The highest BCUT2D eigenvalue weighted by Crippen LogP contribution is 2.33. The summed E-state index contributed by atoms with van der Waals surface area (Å²) in [7, 11) is 0. The van der Waals surface area contributed by atoms with E-state index in [1.165, 1.54) is 0 Å². The fraction of sp³-hybridized carbons (Fsp3) is 1.00. The molecule has 2 nitrogen and oxygen atoms in total. The summed E-state index contributed by atoms with van der Waals surface area (Å²) in [6.07, 6.45) is 1.43. The molecule has 2 heteroatoms. The van der Waals surface area contributed by atoms with Gasteiger partial charge in [-0.15, -0.1) is 0 Å². The zero-order valence-electron chi connectivity index (χ0n) is 6.71. The van der Waals surface area contributed by atoms with Gasteiger partial charge in [-0.2, -0.15) is 0 Å². The second-order valence-electron chi connectivity index (χ2n) is 3.44. The van der Waals surface area contributed by atoms with E-state index in [0.29, 0.717) is 24.5 Å². The topological polar surface area (TPSA) is 29.5 Å². The van der Waals surface area contributed by atoms with Crippen LogP contribution in [0.4, 0.5) is 0 Å². The molecule has 0 radical (unpaired) electrons. The van der Waals surface area contributed by atoms with Gasteiger partial charge in [0, 0.05) is 19.1 Å². The predicted octanol–water partition coefficient (Wildman–Crippen LogP) is 1.04. The lowest BCUT2D eigenvalue weighted by Gasteiger charge is -2.04. The molecule has 2 unspecified atom stereocenters. The molecule has 0 amide bonds. The van der Waals surface area contributed by atoms with Crippen LogP contribution in [-0.2, 0) is 4.74 Å². The van der Waals surface area contributed by atoms with Gasteiger partial charge in [0.25, 0.3) is 0 Å². The lowest BCUT2D eigenvalue weighted by Crippen LogP contribution is -2.05. The maximum absolute atomic E-state index is 8.66. The Balaban J connectivity index is 1.96. The van der Waals surface area contributed by atoms with Crippen molar-refractivity contribution in [3.05, 3.63) is 0 Å². The van der Waals surface area contributed by atoms with Gasteiger partial charge in [-0.05, 0) is 12.3 Å². The van der Waals surface area contributed by atoms with E-state index in [4.69, 9.17) is 9.84 Å². The van der Waals surface area contributed by atoms with E-state index >= 15 is 0 Å². The van der Waals surface area contributed by atoms with E-state index in [1.54, 1.807) is 0 Å². The Morgan fingerprint density at radius 2 is 2.30 bits per heavy atom. The molecular formula is C8H16O2. The zero-order valence-corrected chi connectivity index (χ0v) is 6.71. The molecule has 0 heterocycles. The molecule has 60 valence electrons. The molecule has 0 aromatic heterocycles. The van der Waals surface area contributed by atoms with Crippen molar-refractivity contribution in [3.63, 3.8) is 0 Å². The molecule has 0 aromatic carbocycles. The normalized spacial score (nSPS) is 31.2. The number of aliphatic hydroxyl groups is 1. The minimum Gasteiger partial charge on any atom is -0.396 e. The molecule has 0 saturated heterocycles. The van der Waals surface area contributed by atoms with Crippen molar-refractivity contribution in [2.45, 2.75) is 26.4 Å². The van der Waals surface area contributed by atoms with Crippen LogP contribution in [0.2, 0.25) is 0 Å². The van der Waals surface area contributed by atoms with Crippen LogP contribution in [0.15, 0.2) is 0 Å². The first kappa shape index (κ1) is 8.02. The Hall–Kier alpha value is -0.0800. The number of hydrogen-bond acceptors (Lipinski definition) is 2. The Kier molecular flexibility index (Phi) is 2.69. The maximum Gasteiger partial charge on any atom is 0.0630 e. The second-order valence-corrected chi connectivity index (χ2v) is 3.44. The van der Waals surface area contributed by atoms with Crippen LogP contribution in [0.1, 0.15) is 20.3 Å². The number of hydrogen-bond donors (Lipinski definition) is 1. The zero-order chi connectivity index (χ0) is 7.56. The van der Waals surface area contributed by atoms with Crippen LogP contribution in [0.3, 0.4) is 0 Å². The van der Waals surface area contributed by atoms with Crippen molar-refractivity contribution in [1.82, 2.24) is 0 Å². The van der Waals surface area contributed by atoms with Crippen molar-refractivity contribution >= 4 is 0 Å². The minimum atomic E-state index is 0.294. The fourth-order valence-electron chi connectivity index (χ4n) is 0.932. The van der Waals surface area contributed by atoms with Crippen LogP contribution < -0.4 is 0 Å². The summed E-state index contributed by atoms with van der Waals surface area (Å²) < 4.78 is 5.46. The molecule has 0 aromatic rings. The smallest absolute Gasteiger partial charge is 0.0630 e. The van der Waals surface area contributed by atoms with Crippen molar-refractivity contribution in [2.75, 3.05) is 13.2 Å². The van der Waals surface area contributed by atoms with E-state index in [0.717, 1.165) is 13.0 Å². The fourth-order valence-corrected chi connectivity index (χ4v) is 0.932. The molecular weight excluding hydrogens is 128 g/mol. The molecule has 2 atom stereocenters. The molecule has 0 bridgehead atoms. The van der Waals surface area contributed by atoms with Crippen LogP contribution in [0.25, 0.3) is 0 Å². The third-order valence-corrected chi connectivity index (χ3v) is 1.74. The highest BCUT2D eigenvalue weighted by Gasteiger charge is 2.37. The third kappa shape index (κ3) is 2.27. The summed E-state index contributed by atoms with van der Waals surface area (Å²) in [5, 5.41) is 8.66. The Morgan fingerprint density at radius 1 is 1.60 bits per heavy atom. The van der Waals surface area contributed by atoms with Crippen LogP contribution in [0, 0.1) is 11.8 Å². The summed E-state index contributed by atoms with van der Waals surface area (Å²) in [6, 6.07) is 0. The molecule has 1 aliphatic rings. The summed E-state index contributed by atoms with van der Waals surface area (Å²) in [5.41, 5.74) is 0. The first-order chi connectivity index (χ1) is 4.74. The summed E-state index contributed by atoms with van der Waals surface area (Å²) in [5.74, 6) is 1.05. The van der Waals surface area contributed by atoms with E-state index < -0.39 is 0 Å². The van der Waals surface area contributed by atoms with Gasteiger partial charge in [-0.1, -0.05) is 13.8 Å². The van der Waals surface area contributed by atoms with Gasteiger partial charge in [0.1, 0.15) is 0 Å². The number of ether oxygens (including phenoxy) is 1. The standard InChI is InChI=1S/C8H16O2/c1-6(2)5-10-8-3-7(8)4-9/h6-9H,3-5H2,1-2H3. The van der Waals surface area contributed by atoms with E-state index in [1.807, 2.05) is 0 Å². The largest absolute Gasteiger partial charge is 0.396 e. The van der Waals surface area contributed by atoms with Crippen molar-refractivity contribution in [2.24, 2.45) is 11.8 Å². The molecule has 1 saturated carbocycles. The van der Waals surface area contributed by atoms with Crippen LogP contribution in [0.5, 0.6) is 0 Å². The first-order valence-corrected chi connectivity index (χ1v) is 3.96. The third-order valence-electron chi connectivity index (χ3n) is 1.74. The summed E-state index contributed by atoms with van der Waals surface area (Å²) >= 11 is 0.